The first kappa shape index (κ1) is 14.7. The van der Waals surface area contributed by atoms with Crippen molar-refractivity contribution >= 4 is 10.0 Å². The van der Waals surface area contributed by atoms with Gasteiger partial charge in [-0.1, -0.05) is 0 Å². The lowest BCUT2D eigenvalue weighted by Crippen LogP contribution is -2.29. The second-order valence-corrected chi connectivity index (χ2v) is 7.25. The third kappa shape index (κ3) is 2.40. The Hall–Kier alpha value is -2.18. The van der Waals surface area contributed by atoms with Crippen molar-refractivity contribution in [3.8, 4) is 6.07 Å². The zero-order valence-electron chi connectivity index (χ0n) is 12.3. The summed E-state index contributed by atoms with van der Waals surface area (Å²) in [6, 6.07) is 1.97. The van der Waals surface area contributed by atoms with Gasteiger partial charge in [-0.2, -0.15) is 14.7 Å². The van der Waals surface area contributed by atoms with Gasteiger partial charge in [0.05, 0.1) is 17.8 Å². The molecule has 0 bridgehead atoms. The van der Waals surface area contributed by atoms with Crippen LogP contribution in [0.1, 0.15) is 23.9 Å². The molecule has 8 nitrogen and oxygen atoms in total. The molecular weight excluding hydrogens is 304 g/mol. The minimum Gasteiger partial charge on any atom is -0.337 e. The standard InChI is InChI=1S/C13H16N6O2S/c1-10-16-13(9-17(10)2)22(20,21)18-4-3-12(8-18)19-7-11(5-14)6-15-19/h6-7,9,12H,3-4,8H2,1-2H3. The molecule has 1 atom stereocenters. The monoisotopic (exact) mass is 320 g/mol. The van der Waals surface area contributed by atoms with Crippen molar-refractivity contribution in [2.24, 2.45) is 7.05 Å². The lowest BCUT2D eigenvalue weighted by Gasteiger charge is -2.15. The van der Waals surface area contributed by atoms with Crippen LogP contribution in [0, 0.1) is 18.3 Å². The van der Waals surface area contributed by atoms with Gasteiger partial charge in [0.2, 0.25) is 0 Å². The predicted octanol–water partition coefficient (Wildman–Crippen LogP) is 0.432. The lowest BCUT2D eigenvalue weighted by molar-refractivity contribution is 0.433. The molecule has 1 aliphatic heterocycles. The highest BCUT2D eigenvalue weighted by Crippen LogP contribution is 2.26. The molecule has 0 aliphatic carbocycles. The van der Waals surface area contributed by atoms with E-state index in [1.54, 1.807) is 29.4 Å². The topological polar surface area (TPSA) is 96.8 Å². The van der Waals surface area contributed by atoms with Gasteiger partial charge in [-0.05, 0) is 13.3 Å². The van der Waals surface area contributed by atoms with Crippen LogP contribution >= 0.6 is 0 Å². The van der Waals surface area contributed by atoms with E-state index in [1.165, 1.54) is 16.7 Å². The Balaban J connectivity index is 1.81. The maximum Gasteiger partial charge on any atom is 0.262 e. The molecule has 2 aromatic heterocycles. The molecule has 1 aliphatic rings. The third-order valence-electron chi connectivity index (χ3n) is 3.92. The Morgan fingerprint density at radius 2 is 2.18 bits per heavy atom. The maximum absolute atomic E-state index is 12.6. The number of nitriles is 1. The van der Waals surface area contributed by atoms with Gasteiger partial charge >= 0.3 is 0 Å². The molecule has 1 saturated heterocycles. The number of imidazole rings is 1. The fourth-order valence-corrected chi connectivity index (χ4v) is 4.04. The predicted molar refractivity (Wildman–Crippen MR) is 77.3 cm³/mol. The van der Waals surface area contributed by atoms with Crippen molar-refractivity contribution in [1.29, 1.82) is 5.26 Å². The van der Waals surface area contributed by atoms with E-state index in [0.717, 1.165) is 0 Å². The molecule has 9 heteroatoms. The van der Waals surface area contributed by atoms with Crippen LogP contribution < -0.4 is 0 Å². The number of sulfonamides is 1. The van der Waals surface area contributed by atoms with E-state index >= 15 is 0 Å². The average molecular weight is 320 g/mol. The zero-order chi connectivity index (χ0) is 15.9. The minimum absolute atomic E-state index is 0.0540. The number of hydrogen-bond donors (Lipinski definition) is 0. The molecule has 3 heterocycles. The molecule has 2 aromatic rings. The number of hydrogen-bond acceptors (Lipinski definition) is 5. The van der Waals surface area contributed by atoms with Crippen LogP contribution in [0.3, 0.4) is 0 Å². The summed E-state index contributed by atoms with van der Waals surface area (Å²) >= 11 is 0. The Bertz CT molecular complexity index is 825. The number of aromatic nitrogens is 4. The molecule has 22 heavy (non-hydrogen) atoms. The van der Waals surface area contributed by atoms with E-state index < -0.39 is 10.0 Å². The fraction of sp³-hybridized carbons (Fsp3) is 0.462. The molecule has 116 valence electrons. The second kappa shape index (κ2) is 5.23. The largest absolute Gasteiger partial charge is 0.337 e. The first-order chi connectivity index (χ1) is 10.4. The summed E-state index contributed by atoms with van der Waals surface area (Å²) in [5, 5.41) is 13.0. The van der Waals surface area contributed by atoms with Crippen molar-refractivity contribution in [1.82, 2.24) is 23.6 Å². The van der Waals surface area contributed by atoms with Gasteiger partial charge < -0.3 is 4.57 Å². The van der Waals surface area contributed by atoms with Crippen LogP contribution in [0.4, 0.5) is 0 Å². The van der Waals surface area contributed by atoms with Crippen LogP contribution in [0.5, 0.6) is 0 Å². The normalized spacial score (nSPS) is 19.4. The molecule has 0 spiro atoms. The van der Waals surface area contributed by atoms with Crippen LogP contribution in [0.25, 0.3) is 0 Å². The summed E-state index contributed by atoms with van der Waals surface area (Å²) in [4.78, 5) is 4.11. The van der Waals surface area contributed by atoms with Gasteiger partial charge in [0.1, 0.15) is 11.9 Å². The summed E-state index contributed by atoms with van der Waals surface area (Å²) in [6.07, 6.45) is 5.32. The first-order valence-electron chi connectivity index (χ1n) is 6.86. The van der Waals surface area contributed by atoms with Gasteiger partial charge in [0, 0.05) is 32.5 Å². The average Bonchev–Trinajstić information content (AvgIpc) is 3.19. The zero-order valence-corrected chi connectivity index (χ0v) is 13.2. The molecule has 3 rings (SSSR count). The lowest BCUT2D eigenvalue weighted by atomic mass is 10.3. The highest BCUT2D eigenvalue weighted by molar-refractivity contribution is 7.89. The molecule has 0 saturated carbocycles. The third-order valence-corrected chi connectivity index (χ3v) is 5.66. The summed E-state index contributed by atoms with van der Waals surface area (Å²) in [6.45, 7) is 2.52. The molecule has 0 radical (unpaired) electrons. The van der Waals surface area contributed by atoms with Gasteiger partial charge in [-0.15, -0.1) is 0 Å². The number of rotatable bonds is 3. The van der Waals surface area contributed by atoms with E-state index in [2.05, 4.69) is 10.1 Å². The van der Waals surface area contributed by atoms with Gasteiger partial charge in [-0.25, -0.2) is 13.4 Å². The fourth-order valence-electron chi connectivity index (χ4n) is 2.52. The Kier molecular flexibility index (Phi) is 3.50. The summed E-state index contributed by atoms with van der Waals surface area (Å²) in [5.74, 6) is 0.653. The highest BCUT2D eigenvalue weighted by Gasteiger charge is 2.35. The van der Waals surface area contributed by atoms with Crippen molar-refractivity contribution in [2.75, 3.05) is 13.1 Å². The summed E-state index contributed by atoms with van der Waals surface area (Å²) in [7, 11) is -1.82. The molecule has 0 N–H and O–H groups in total. The van der Waals surface area contributed by atoms with Crippen molar-refractivity contribution in [2.45, 2.75) is 24.4 Å². The van der Waals surface area contributed by atoms with Crippen LogP contribution in [0.15, 0.2) is 23.6 Å². The quantitative estimate of drug-likeness (QED) is 0.817. The van der Waals surface area contributed by atoms with E-state index in [4.69, 9.17) is 5.26 Å². The van der Waals surface area contributed by atoms with Gasteiger partial charge in [-0.3, -0.25) is 4.68 Å². The minimum atomic E-state index is -3.58. The number of nitrogens with zero attached hydrogens (tertiary/aromatic N) is 6. The van der Waals surface area contributed by atoms with Gasteiger partial charge in [0.25, 0.3) is 10.0 Å². The van der Waals surface area contributed by atoms with Crippen molar-refractivity contribution < 1.29 is 8.42 Å². The van der Waals surface area contributed by atoms with Gasteiger partial charge in [0.15, 0.2) is 5.03 Å². The smallest absolute Gasteiger partial charge is 0.262 e. The molecule has 0 aromatic carbocycles. The van der Waals surface area contributed by atoms with E-state index in [-0.39, 0.29) is 11.1 Å². The van der Waals surface area contributed by atoms with E-state index in [9.17, 15) is 8.42 Å². The van der Waals surface area contributed by atoms with Crippen LogP contribution in [-0.2, 0) is 17.1 Å². The summed E-state index contributed by atoms with van der Waals surface area (Å²) in [5.41, 5.74) is 0.474. The van der Waals surface area contributed by atoms with Crippen LogP contribution in [0.2, 0.25) is 0 Å². The van der Waals surface area contributed by atoms with E-state index in [1.807, 2.05) is 6.07 Å². The SMILES string of the molecule is Cc1nc(S(=O)(=O)N2CCC(n3cc(C#N)cn3)C2)cn1C. The molecule has 1 unspecified atom stereocenters. The Labute approximate surface area is 128 Å². The first-order valence-corrected chi connectivity index (χ1v) is 8.30. The maximum atomic E-state index is 12.6. The molecular formula is C13H16N6O2S. The van der Waals surface area contributed by atoms with Crippen molar-refractivity contribution in [3.63, 3.8) is 0 Å². The summed E-state index contributed by atoms with van der Waals surface area (Å²) < 4.78 is 30.0. The van der Waals surface area contributed by atoms with Crippen molar-refractivity contribution in [3.05, 3.63) is 30.0 Å². The second-order valence-electron chi connectivity index (χ2n) is 5.36. The number of aryl methyl sites for hydroxylation is 2. The van der Waals surface area contributed by atoms with Crippen LogP contribution in [-0.4, -0.2) is 45.1 Å². The molecule has 0 amide bonds. The highest BCUT2D eigenvalue weighted by atomic mass is 32.2. The molecule has 1 fully saturated rings. The Morgan fingerprint density at radius 3 is 2.77 bits per heavy atom. The Morgan fingerprint density at radius 1 is 1.41 bits per heavy atom. The van der Waals surface area contributed by atoms with E-state index in [0.29, 0.717) is 30.9 Å².